The number of carbonyl (C=O) groups excluding carboxylic acids is 1. The van der Waals surface area contributed by atoms with Crippen molar-refractivity contribution in [2.75, 3.05) is 0 Å². The summed E-state index contributed by atoms with van der Waals surface area (Å²) in [4.78, 5) is 11.7. The molecule has 0 unspecified atom stereocenters. The molecule has 0 N–H and O–H groups in total. The van der Waals surface area contributed by atoms with Gasteiger partial charge in [0.1, 0.15) is 0 Å². The molecule has 2 rings (SSSR count). The van der Waals surface area contributed by atoms with E-state index in [0.29, 0.717) is 13.0 Å². The Morgan fingerprint density at radius 1 is 1.31 bits per heavy atom. The summed E-state index contributed by atoms with van der Waals surface area (Å²) in [6.45, 7) is 2.69. The summed E-state index contributed by atoms with van der Waals surface area (Å²) in [6, 6.07) is 9.96. The van der Waals surface area contributed by atoms with Gasteiger partial charge in [0.2, 0.25) is 5.91 Å². The maximum Gasteiger partial charge on any atom is 0.248 e. The van der Waals surface area contributed by atoms with Gasteiger partial charge in [0.05, 0.1) is 13.0 Å². The molecule has 0 saturated carbocycles. The zero-order valence-electron chi connectivity index (χ0n) is 9.52. The van der Waals surface area contributed by atoms with Crippen molar-refractivity contribution in [3.05, 3.63) is 35.9 Å². The number of rotatable bonds is 4. The van der Waals surface area contributed by atoms with Crippen molar-refractivity contribution in [2.45, 2.75) is 32.7 Å². The Kier molecular flexibility index (Phi) is 3.34. The quantitative estimate of drug-likeness (QED) is 0.761. The van der Waals surface area contributed by atoms with Crippen molar-refractivity contribution in [1.82, 2.24) is 5.01 Å². The number of hydrazone groups is 1. The van der Waals surface area contributed by atoms with Crippen LogP contribution in [0.25, 0.3) is 0 Å². The van der Waals surface area contributed by atoms with Gasteiger partial charge in [-0.15, -0.1) is 0 Å². The summed E-state index contributed by atoms with van der Waals surface area (Å²) in [5, 5.41) is 5.94. The van der Waals surface area contributed by atoms with Crippen LogP contribution in [-0.2, 0) is 11.3 Å². The van der Waals surface area contributed by atoms with Gasteiger partial charge in [-0.1, -0.05) is 43.7 Å². The molecule has 0 saturated heterocycles. The van der Waals surface area contributed by atoms with Crippen molar-refractivity contribution >= 4 is 11.6 Å². The Hall–Kier alpha value is -1.64. The standard InChI is InChI=1S/C13H16N2O/c1-2-6-12-9-13(16)15(14-12)10-11-7-4-3-5-8-11/h3-5,7-8H,2,6,9-10H2,1H3. The van der Waals surface area contributed by atoms with Crippen LogP contribution in [0.4, 0.5) is 0 Å². The molecule has 0 bridgehead atoms. The van der Waals surface area contributed by atoms with Crippen LogP contribution in [0.15, 0.2) is 35.4 Å². The topological polar surface area (TPSA) is 32.7 Å². The van der Waals surface area contributed by atoms with Crippen LogP contribution in [0.3, 0.4) is 0 Å². The van der Waals surface area contributed by atoms with E-state index < -0.39 is 0 Å². The van der Waals surface area contributed by atoms with Gasteiger partial charge in [0, 0.05) is 5.71 Å². The average molecular weight is 216 g/mol. The third-order valence-corrected chi connectivity index (χ3v) is 2.62. The Labute approximate surface area is 95.8 Å². The van der Waals surface area contributed by atoms with Crippen molar-refractivity contribution in [1.29, 1.82) is 0 Å². The number of carbonyl (C=O) groups is 1. The van der Waals surface area contributed by atoms with Gasteiger partial charge in [-0.25, -0.2) is 5.01 Å². The molecular weight excluding hydrogens is 200 g/mol. The molecule has 84 valence electrons. The fourth-order valence-corrected chi connectivity index (χ4v) is 1.83. The molecule has 1 aliphatic heterocycles. The molecule has 0 atom stereocenters. The van der Waals surface area contributed by atoms with Crippen LogP contribution in [0.2, 0.25) is 0 Å². The van der Waals surface area contributed by atoms with E-state index in [0.717, 1.165) is 24.1 Å². The number of hydrogen-bond acceptors (Lipinski definition) is 2. The minimum absolute atomic E-state index is 0.118. The van der Waals surface area contributed by atoms with Crippen LogP contribution >= 0.6 is 0 Å². The molecule has 0 aliphatic carbocycles. The first-order chi connectivity index (χ1) is 7.79. The fourth-order valence-electron chi connectivity index (χ4n) is 1.83. The number of benzene rings is 1. The highest BCUT2D eigenvalue weighted by atomic mass is 16.2. The molecular formula is C13H16N2O. The third kappa shape index (κ3) is 2.48. The van der Waals surface area contributed by atoms with Gasteiger partial charge >= 0.3 is 0 Å². The molecule has 1 aromatic carbocycles. The van der Waals surface area contributed by atoms with E-state index in [4.69, 9.17) is 0 Å². The van der Waals surface area contributed by atoms with E-state index in [1.54, 1.807) is 5.01 Å². The highest BCUT2D eigenvalue weighted by Crippen LogP contribution is 2.15. The Morgan fingerprint density at radius 3 is 2.75 bits per heavy atom. The van der Waals surface area contributed by atoms with E-state index in [1.807, 2.05) is 30.3 Å². The summed E-state index contributed by atoms with van der Waals surface area (Å²) in [5.41, 5.74) is 2.14. The maximum atomic E-state index is 11.7. The Bertz CT molecular complexity index is 398. The average Bonchev–Trinajstić information content (AvgIpc) is 2.61. The molecule has 3 heteroatoms. The molecule has 3 nitrogen and oxygen atoms in total. The SMILES string of the molecule is CCCC1=NN(Cc2ccccc2)C(=O)C1. The predicted molar refractivity (Wildman–Crippen MR) is 64.0 cm³/mol. The molecule has 1 aromatic rings. The first kappa shape index (κ1) is 10.9. The van der Waals surface area contributed by atoms with E-state index in [-0.39, 0.29) is 5.91 Å². The van der Waals surface area contributed by atoms with Crippen molar-refractivity contribution in [2.24, 2.45) is 5.10 Å². The zero-order chi connectivity index (χ0) is 11.4. The van der Waals surface area contributed by atoms with E-state index in [9.17, 15) is 4.79 Å². The zero-order valence-corrected chi connectivity index (χ0v) is 9.52. The second-order valence-electron chi connectivity index (χ2n) is 4.03. The van der Waals surface area contributed by atoms with Gasteiger partial charge in [-0.3, -0.25) is 4.79 Å². The number of amides is 1. The lowest BCUT2D eigenvalue weighted by Gasteiger charge is -2.11. The molecule has 0 fully saturated rings. The smallest absolute Gasteiger partial charge is 0.248 e. The molecule has 1 heterocycles. The van der Waals surface area contributed by atoms with Crippen LogP contribution in [0, 0.1) is 0 Å². The van der Waals surface area contributed by atoms with E-state index >= 15 is 0 Å². The summed E-state index contributed by atoms with van der Waals surface area (Å²) in [6.07, 6.45) is 2.48. The molecule has 0 aromatic heterocycles. The summed E-state index contributed by atoms with van der Waals surface area (Å²) >= 11 is 0. The highest BCUT2D eigenvalue weighted by Gasteiger charge is 2.22. The fraction of sp³-hybridized carbons (Fsp3) is 0.385. The lowest BCUT2D eigenvalue weighted by atomic mass is 10.2. The van der Waals surface area contributed by atoms with Gasteiger partial charge in [-0.05, 0) is 12.0 Å². The largest absolute Gasteiger partial charge is 0.273 e. The molecule has 1 aliphatic rings. The molecule has 1 amide bonds. The lowest BCUT2D eigenvalue weighted by molar-refractivity contribution is -0.129. The van der Waals surface area contributed by atoms with Crippen LogP contribution in [-0.4, -0.2) is 16.6 Å². The van der Waals surface area contributed by atoms with E-state index in [2.05, 4.69) is 12.0 Å². The van der Waals surface area contributed by atoms with Crippen molar-refractivity contribution in [3.63, 3.8) is 0 Å². The van der Waals surface area contributed by atoms with Gasteiger partial charge in [0.15, 0.2) is 0 Å². The lowest BCUT2D eigenvalue weighted by Crippen LogP contribution is -2.19. The summed E-state index contributed by atoms with van der Waals surface area (Å²) in [7, 11) is 0. The minimum atomic E-state index is 0.118. The normalized spacial score (nSPS) is 15.4. The van der Waals surface area contributed by atoms with Crippen molar-refractivity contribution < 1.29 is 4.79 Å². The second-order valence-corrected chi connectivity index (χ2v) is 4.03. The summed E-state index contributed by atoms with van der Waals surface area (Å²) in [5.74, 6) is 0.118. The third-order valence-electron chi connectivity index (χ3n) is 2.62. The molecule has 0 spiro atoms. The molecule has 16 heavy (non-hydrogen) atoms. The van der Waals surface area contributed by atoms with E-state index in [1.165, 1.54) is 0 Å². The van der Waals surface area contributed by atoms with Gasteiger partial charge < -0.3 is 0 Å². The first-order valence-corrected chi connectivity index (χ1v) is 5.70. The first-order valence-electron chi connectivity index (χ1n) is 5.70. The monoisotopic (exact) mass is 216 g/mol. The number of nitrogens with zero attached hydrogens (tertiary/aromatic N) is 2. The number of hydrogen-bond donors (Lipinski definition) is 0. The Morgan fingerprint density at radius 2 is 2.06 bits per heavy atom. The van der Waals surface area contributed by atoms with Crippen LogP contribution < -0.4 is 0 Å². The second kappa shape index (κ2) is 4.92. The van der Waals surface area contributed by atoms with Gasteiger partial charge in [0.25, 0.3) is 0 Å². The minimum Gasteiger partial charge on any atom is -0.273 e. The molecule has 0 radical (unpaired) electrons. The van der Waals surface area contributed by atoms with Crippen LogP contribution in [0.5, 0.6) is 0 Å². The van der Waals surface area contributed by atoms with Crippen LogP contribution in [0.1, 0.15) is 31.7 Å². The maximum absolute atomic E-state index is 11.7. The van der Waals surface area contributed by atoms with Crippen molar-refractivity contribution in [3.8, 4) is 0 Å². The highest BCUT2D eigenvalue weighted by molar-refractivity contribution is 6.04. The summed E-state index contributed by atoms with van der Waals surface area (Å²) < 4.78 is 0. The van der Waals surface area contributed by atoms with Gasteiger partial charge in [-0.2, -0.15) is 5.10 Å². The predicted octanol–water partition coefficient (Wildman–Crippen LogP) is 2.58. The Balaban J connectivity index is 2.03.